The number of allylic oxidation sites excluding steroid dienone is 4. The van der Waals surface area contributed by atoms with Gasteiger partial charge in [0.2, 0.25) is 0 Å². The maximum absolute atomic E-state index is 5.50. The lowest BCUT2D eigenvalue weighted by Gasteiger charge is -2.10. The molecule has 0 atom stereocenters. The largest absolute Gasteiger partial charge is 0.362 e. The Hall–Kier alpha value is -1.56. The Kier molecular flexibility index (Phi) is 8.58. The fraction of sp³-hybridized carbons (Fsp3) is 0.235. The van der Waals surface area contributed by atoms with Gasteiger partial charge in [-0.05, 0) is 68.2 Å². The minimum Gasteiger partial charge on any atom is -0.362 e. The van der Waals surface area contributed by atoms with E-state index in [0.29, 0.717) is 5.11 Å². The monoisotopic (exact) mass is 333 g/mol. The van der Waals surface area contributed by atoms with Crippen LogP contribution in [-0.2, 0) is 6.42 Å². The summed E-state index contributed by atoms with van der Waals surface area (Å²) >= 11 is 6.50. The second-order valence-corrected chi connectivity index (χ2v) is 5.90. The van der Waals surface area contributed by atoms with Gasteiger partial charge in [0.15, 0.2) is 5.11 Å². The Morgan fingerprint density at radius 1 is 1.32 bits per heavy atom. The standard InChI is InChI=1S/C17H23N3S2/c1-4-13(2)5-6-14(3)20-17(21)19-12-11-15-7-9-16(22-18)10-8-15/h4-10H,3,11-12,18H2,1-2H3,(H2,19,20,21)/b6-5-,13-4-. The van der Waals surface area contributed by atoms with Crippen molar-refractivity contribution in [3.05, 3.63) is 65.9 Å². The third-order valence-corrected chi connectivity index (χ3v) is 3.83. The van der Waals surface area contributed by atoms with E-state index in [1.807, 2.05) is 44.2 Å². The fourth-order valence-corrected chi connectivity index (χ4v) is 2.14. The molecule has 0 amide bonds. The Labute approximate surface area is 142 Å². The van der Waals surface area contributed by atoms with Crippen molar-refractivity contribution < 1.29 is 0 Å². The minimum absolute atomic E-state index is 0.585. The van der Waals surface area contributed by atoms with Crippen molar-refractivity contribution in [1.29, 1.82) is 0 Å². The number of thiocarbonyl (C=S) groups is 1. The normalized spacial score (nSPS) is 11.5. The molecule has 5 heteroatoms. The summed E-state index contributed by atoms with van der Waals surface area (Å²) < 4.78 is 0. The maximum atomic E-state index is 5.50. The molecule has 0 heterocycles. The summed E-state index contributed by atoms with van der Waals surface area (Å²) in [6.45, 7) is 8.73. The van der Waals surface area contributed by atoms with Crippen LogP contribution in [0.3, 0.4) is 0 Å². The molecule has 22 heavy (non-hydrogen) atoms. The molecule has 0 spiro atoms. The summed E-state index contributed by atoms with van der Waals surface area (Å²) in [4.78, 5) is 1.06. The van der Waals surface area contributed by atoms with Crippen LogP contribution < -0.4 is 15.8 Å². The number of nitrogens with two attached hydrogens (primary N) is 1. The first-order valence-electron chi connectivity index (χ1n) is 7.05. The lowest BCUT2D eigenvalue weighted by atomic mass is 10.1. The van der Waals surface area contributed by atoms with Gasteiger partial charge in [0.25, 0.3) is 0 Å². The molecule has 1 rings (SSSR count). The summed E-state index contributed by atoms with van der Waals surface area (Å²) in [5.74, 6) is 0. The highest BCUT2D eigenvalue weighted by molar-refractivity contribution is 7.97. The molecule has 0 unspecified atom stereocenters. The van der Waals surface area contributed by atoms with Crippen LogP contribution in [-0.4, -0.2) is 11.7 Å². The zero-order valence-corrected chi connectivity index (χ0v) is 14.7. The molecule has 1 aromatic rings. The molecule has 0 aromatic heterocycles. The van der Waals surface area contributed by atoms with Crippen molar-refractivity contribution in [2.45, 2.75) is 25.2 Å². The molecular formula is C17H23N3S2. The van der Waals surface area contributed by atoms with Gasteiger partial charge in [-0.3, -0.25) is 5.14 Å². The van der Waals surface area contributed by atoms with Gasteiger partial charge < -0.3 is 10.6 Å². The molecule has 0 fully saturated rings. The summed E-state index contributed by atoms with van der Waals surface area (Å²) in [6.07, 6.45) is 6.84. The van der Waals surface area contributed by atoms with Gasteiger partial charge in [0, 0.05) is 17.1 Å². The fourth-order valence-electron chi connectivity index (χ4n) is 1.62. The van der Waals surface area contributed by atoms with Crippen LogP contribution in [0.2, 0.25) is 0 Å². The van der Waals surface area contributed by atoms with Crippen molar-refractivity contribution in [3.8, 4) is 0 Å². The summed E-state index contributed by atoms with van der Waals surface area (Å²) in [6, 6.07) is 8.20. The van der Waals surface area contributed by atoms with Crippen LogP contribution in [0.1, 0.15) is 19.4 Å². The van der Waals surface area contributed by atoms with Crippen molar-refractivity contribution in [2.75, 3.05) is 6.54 Å². The minimum atomic E-state index is 0.585. The van der Waals surface area contributed by atoms with Crippen LogP contribution in [0.15, 0.2) is 65.2 Å². The highest BCUT2D eigenvalue weighted by Crippen LogP contribution is 2.12. The molecule has 0 saturated carbocycles. The Balaban J connectivity index is 2.30. The zero-order valence-electron chi connectivity index (χ0n) is 13.1. The number of hydrogen-bond acceptors (Lipinski definition) is 3. The van der Waals surface area contributed by atoms with E-state index in [0.717, 1.165) is 23.6 Å². The predicted octanol–water partition coefficient (Wildman–Crippen LogP) is 3.70. The molecule has 0 saturated heterocycles. The van der Waals surface area contributed by atoms with Crippen LogP contribution in [0.5, 0.6) is 0 Å². The van der Waals surface area contributed by atoms with E-state index in [9.17, 15) is 0 Å². The Morgan fingerprint density at radius 2 is 2.00 bits per heavy atom. The van der Waals surface area contributed by atoms with Crippen molar-refractivity contribution >= 4 is 29.3 Å². The Morgan fingerprint density at radius 3 is 2.59 bits per heavy atom. The Bertz CT molecular complexity index is 560. The lowest BCUT2D eigenvalue weighted by molar-refractivity contribution is 0.853. The average Bonchev–Trinajstić information content (AvgIpc) is 2.53. The van der Waals surface area contributed by atoms with E-state index in [1.165, 1.54) is 23.1 Å². The average molecular weight is 334 g/mol. The molecule has 1 aromatic carbocycles. The van der Waals surface area contributed by atoms with Crippen LogP contribution in [0.4, 0.5) is 0 Å². The highest BCUT2D eigenvalue weighted by Gasteiger charge is 1.98. The van der Waals surface area contributed by atoms with Gasteiger partial charge in [-0.25, -0.2) is 0 Å². The van der Waals surface area contributed by atoms with Crippen molar-refractivity contribution in [1.82, 2.24) is 10.6 Å². The van der Waals surface area contributed by atoms with Crippen LogP contribution >= 0.6 is 24.2 Å². The van der Waals surface area contributed by atoms with E-state index in [-0.39, 0.29) is 0 Å². The summed E-state index contributed by atoms with van der Waals surface area (Å²) in [7, 11) is 0. The molecule has 0 aliphatic rings. The quantitative estimate of drug-likeness (QED) is 0.403. The van der Waals surface area contributed by atoms with E-state index in [4.69, 9.17) is 17.4 Å². The van der Waals surface area contributed by atoms with Gasteiger partial charge in [-0.1, -0.05) is 36.4 Å². The number of hydrogen-bond donors (Lipinski definition) is 3. The van der Waals surface area contributed by atoms with Crippen LogP contribution in [0, 0.1) is 0 Å². The van der Waals surface area contributed by atoms with E-state index in [1.54, 1.807) is 0 Å². The molecule has 0 aliphatic carbocycles. The maximum Gasteiger partial charge on any atom is 0.170 e. The molecule has 0 radical (unpaired) electrons. The van der Waals surface area contributed by atoms with Crippen molar-refractivity contribution in [3.63, 3.8) is 0 Å². The van der Waals surface area contributed by atoms with Gasteiger partial charge in [0.1, 0.15) is 0 Å². The first-order valence-corrected chi connectivity index (χ1v) is 8.34. The highest BCUT2D eigenvalue weighted by atomic mass is 32.2. The van der Waals surface area contributed by atoms with Gasteiger partial charge >= 0.3 is 0 Å². The summed E-state index contributed by atoms with van der Waals surface area (Å²) in [5, 5.41) is 12.3. The topological polar surface area (TPSA) is 50.1 Å². The lowest BCUT2D eigenvalue weighted by Crippen LogP contribution is -2.35. The summed E-state index contributed by atoms with van der Waals surface area (Å²) in [5.41, 5.74) is 3.19. The smallest absolute Gasteiger partial charge is 0.170 e. The first-order chi connectivity index (χ1) is 10.5. The molecule has 118 valence electrons. The van der Waals surface area contributed by atoms with Crippen molar-refractivity contribution in [2.24, 2.45) is 5.14 Å². The first kappa shape index (κ1) is 18.5. The molecule has 4 N–H and O–H groups in total. The van der Waals surface area contributed by atoms with Gasteiger partial charge in [-0.2, -0.15) is 0 Å². The SMILES string of the molecule is C=C(/C=C\C(C)=C/C)NC(=S)NCCc1ccc(SN)cc1. The molecule has 0 bridgehead atoms. The molecule has 3 nitrogen and oxygen atoms in total. The molecule has 0 aliphatic heterocycles. The van der Waals surface area contributed by atoms with E-state index >= 15 is 0 Å². The second-order valence-electron chi connectivity index (χ2n) is 4.78. The van der Waals surface area contributed by atoms with Crippen LogP contribution in [0.25, 0.3) is 0 Å². The number of rotatable bonds is 7. The number of benzene rings is 1. The van der Waals surface area contributed by atoms with E-state index in [2.05, 4.69) is 29.3 Å². The predicted molar refractivity (Wildman–Crippen MR) is 102 cm³/mol. The second kappa shape index (κ2) is 10.2. The number of nitrogens with one attached hydrogen (secondary N) is 2. The molecular weight excluding hydrogens is 310 g/mol. The third kappa shape index (κ3) is 7.45. The van der Waals surface area contributed by atoms with Gasteiger partial charge in [-0.15, -0.1) is 0 Å². The zero-order chi connectivity index (χ0) is 16.4. The third-order valence-electron chi connectivity index (χ3n) is 3.04. The van der Waals surface area contributed by atoms with Gasteiger partial charge in [0.05, 0.1) is 0 Å². The van der Waals surface area contributed by atoms with E-state index < -0.39 is 0 Å².